The van der Waals surface area contributed by atoms with Gasteiger partial charge in [0.25, 0.3) is 0 Å². The van der Waals surface area contributed by atoms with Gasteiger partial charge in [-0.25, -0.2) is 9.37 Å². The minimum absolute atomic E-state index is 0.241. The Morgan fingerprint density at radius 3 is 2.59 bits per heavy atom. The fourth-order valence-corrected chi connectivity index (χ4v) is 2.88. The lowest BCUT2D eigenvalue weighted by molar-refractivity contribution is 0.413. The molecule has 1 aliphatic heterocycles. The summed E-state index contributed by atoms with van der Waals surface area (Å²) < 4.78 is 16.7. The summed E-state index contributed by atoms with van der Waals surface area (Å²) in [5.74, 6) is 1.38. The van der Waals surface area contributed by atoms with Crippen molar-refractivity contribution in [2.24, 2.45) is 0 Å². The third-order valence-electron chi connectivity index (χ3n) is 3.47. The van der Waals surface area contributed by atoms with Crippen LogP contribution in [0, 0.1) is 5.82 Å². The molecule has 1 aromatic carbocycles. The number of hydrogen-bond donors (Lipinski definition) is 1. The van der Waals surface area contributed by atoms with Crippen LogP contribution in [0.3, 0.4) is 0 Å². The molecule has 2 radical (unpaired) electrons. The molecule has 1 aromatic heterocycles. The molecular weight excluding hydrogens is 298 g/mol. The van der Waals surface area contributed by atoms with Crippen LogP contribution in [-0.2, 0) is 0 Å². The molecule has 1 N–H and O–H groups in total. The zero-order valence-corrected chi connectivity index (χ0v) is 12.9. The van der Waals surface area contributed by atoms with Crippen molar-refractivity contribution in [3.05, 3.63) is 48.3 Å². The second-order valence-corrected chi connectivity index (χ2v) is 5.89. The highest BCUT2D eigenvalue weighted by atomic mass is 32.2. The van der Waals surface area contributed by atoms with E-state index < -0.39 is 0 Å². The van der Waals surface area contributed by atoms with Gasteiger partial charge in [0, 0.05) is 26.2 Å². The highest BCUT2D eigenvalue weighted by Crippen LogP contribution is 2.24. The number of rotatable bonds is 4. The van der Waals surface area contributed by atoms with E-state index in [1.54, 1.807) is 12.1 Å². The minimum atomic E-state index is -0.241. The van der Waals surface area contributed by atoms with E-state index in [1.165, 1.54) is 18.0 Å². The standard InChI is InChI=1S/C15H16BFN4S/c16-21-10-8-20(9-11-21)15-7-3-6-14(18-15)19-22-13-5-2-1-4-12(13)17/h1-7H,8-11H2,(H,18,19). The highest BCUT2D eigenvalue weighted by Gasteiger charge is 2.15. The molecule has 0 aliphatic carbocycles. The Morgan fingerprint density at radius 1 is 1.05 bits per heavy atom. The molecule has 1 saturated heterocycles. The summed E-state index contributed by atoms with van der Waals surface area (Å²) in [6, 6.07) is 12.5. The van der Waals surface area contributed by atoms with Gasteiger partial charge in [0.15, 0.2) is 7.98 Å². The maximum atomic E-state index is 13.6. The predicted octanol–water partition coefficient (Wildman–Crippen LogP) is 2.55. The minimum Gasteiger partial charge on any atom is -0.354 e. The van der Waals surface area contributed by atoms with E-state index in [1.807, 2.05) is 29.1 Å². The molecular formula is C15H16BFN4S. The SMILES string of the molecule is [B]N1CCN(c2cccc(NSc3ccccc3F)n2)CC1. The predicted molar refractivity (Wildman–Crippen MR) is 89.7 cm³/mol. The van der Waals surface area contributed by atoms with E-state index in [2.05, 4.69) is 14.6 Å². The highest BCUT2D eigenvalue weighted by molar-refractivity contribution is 8.00. The van der Waals surface area contributed by atoms with Crippen molar-refractivity contribution in [1.29, 1.82) is 0 Å². The number of piperazine rings is 1. The molecule has 0 amide bonds. The third kappa shape index (κ3) is 3.72. The zero-order chi connectivity index (χ0) is 15.4. The number of aromatic nitrogens is 1. The normalized spacial score (nSPS) is 15.8. The van der Waals surface area contributed by atoms with Crippen LogP contribution in [0.5, 0.6) is 0 Å². The lowest BCUT2D eigenvalue weighted by Gasteiger charge is -2.33. The van der Waals surface area contributed by atoms with Crippen LogP contribution < -0.4 is 9.62 Å². The molecule has 7 heteroatoms. The first-order valence-electron chi connectivity index (χ1n) is 7.11. The van der Waals surface area contributed by atoms with Crippen molar-refractivity contribution in [2.75, 3.05) is 35.8 Å². The average Bonchev–Trinajstić information content (AvgIpc) is 2.55. The van der Waals surface area contributed by atoms with Crippen LogP contribution in [0.4, 0.5) is 16.0 Å². The quantitative estimate of drug-likeness (QED) is 0.692. The summed E-state index contributed by atoms with van der Waals surface area (Å²) in [5, 5.41) is 0. The maximum absolute atomic E-state index is 13.6. The molecule has 22 heavy (non-hydrogen) atoms. The first-order valence-corrected chi connectivity index (χ1v) is 7.93. The maximum Gasteiger partial charge on any atom is 0.182 e. The van der Waals surface area contributed by atoms with Gasteiger partial charge in [-0.3, -0.25) is 0 Å². The Balaban J connectivity index is 1.65. The largest absolute Gasteiger partial charge is 0.354 e. The summed E-state index contributed by atoms with van der Waals surface area (Å²) in [6.07, 6.45) is 0. The first-order chi connectivity index (χ1) is 10.7. The molecule has 0 bridgehead atoms. The van der Waals surface area contributed by atoms with E-state index >= 15 is 0 Å². The lowest BCUT2D eigenvalue weighted by atomic mass is 10.2. The van der Waals surface area contributed by atoms with Crippen molar-refractivity contribution in [2.45, 2.75) is 4.90 Å². The van der Waals surface area contributed by atoms with Crippen LogP contribution in [0.1, 0.15) is 0 Å². The van der Waals surface area contributed by atoms with Gasteiger partial charge < -0.3 is 14.4 Å². The van der Waals surface area contributed by atoms with Crippen LogP contribution in [0.15, 0.2) is 47.4 Å². The van der Waals surface area contributed by atoms with Crippen LogP contribution >= 0.6 is 11.9 Å². The molecule has 0 atom stereocenters. The van der Waals surface area contributed by atoms with Crippen LogP contribution in [-0.4, -0.2) is 44.0 Å². The summed E-state index contributed by atoms with van der Waals surface area (Å²) in [6.45, 7) is 3.35. The number of benzene rings is 1. The van der Waals surface area contributed by atoms with Crippen LogP contribution in [0.2, 0.25) is 0 Å². The number of pyridine rings is 1. The Bertz CT molecular complexity index is 634. The summed E-state index contributed by atoms with van der Waals surface area (Å²) in [7, 11) is 5.77. The number of halogens is 1. The fraction of sp³-hybridized carbons (Fsp3) is 0.267. The van der Waals surface area contributed by atoms with Gasteiger partial charge in [0.1, 0.15) is 17.5 Å². The van der Waals surface area contributed by atoms with E-state index in [0.29, 0.717) is 10.7 Å². The van der Waals surface area contributed by atoms with Gasteiger partial charge in [-0.05, 0) is 36.2 Å². The first kappa shape index (κ1) is 15.2. The van der Waals surface area contributed by atoms with Crippen molar-refractivity contribution >= 4 is 31.6 Å². The number of anilines is 2. The van der Waals surface area contributed by atoms with Gasteiger partial charge in [0.2, 0.25) is 0 Å². The summed E-state index contributed by atoms with van der Waals surface area (Å²) in [5.41, 5.74) is 0. The molecule has 2 heterocycles. The Hall–Kier alpha value is -1.73. The number of hydrogen-bond acceptors (Lipinski definition) is 5. The van der Waals surface area contributed by atoms with Crippen molar-refractivity contribution in [3.63, 3.8) is 0 Å². The van der Waals surface area contributed by atoms with E-state index in [-0.39, 0.29) is 5.82 Å². The van der Waals surface area contributed by atoms with E-state index in [0.717, 1.165) is 32.0 Å². The van der Waals surface area contributed by atoms with E-state index in [9.17, 15) is 4.39 Å². The molecule has 0 saturated carbocycles. The molecule has 4 nitrogen and oxygen atoms in total. The molecule has 1 aliphatic rings. The van der Waals surface area contributed by atoms with Gasteiger partial charge in [0.05, 0.1) is 4.90 Å². The third-order valence-corrected chi connectivity index (χ3v) is 4.34. The van der Waals surface area contributed by atoms with Crippen molar-refractivity contribution < 1.29 is 4.39 Å². The zero-order valence-electron chi connectivity index (χ0n) is 12.1. The molecule has 0 unspecified atom stereocenters. The molecule has 112 valence electrons. The van der Waals surface area contributed by atoms with Crippen molar-refractivity contribution in [3.8, 4) is 0 Å². The van der Waals surface area contributed by atoms with Gasteiger partial charge in [-0.1, -0.05) is 18.2 Å². The Morgan fingerprint density at radius 2 is 1.82 bits per heavy atom. The number of nitrogens with one attached hydrogen (secondary N) is 1. The monoisotopic (exact) mass is 314 g/mol. The van der Waals surface area contributed by atoms with Crippen molar-refractivity contribution in [1.82, 2.24) is 9.79 Å². The molecule has 0 spiro atoms. The van der Waals surface area contributed by atoms with Gasteiger partial charge >= 0.3 is 0 Å². The summed E-state index contributed by atoms with van der Waals surface area (Å²) in [4.78, 5) is 9.13. The Labute approximate surface area is 135 Å². The molecule has 3 rings (SSSR count). The smallest absolute Gasteiger partial charge is 0.182 e. The van der Waals surface area contributed by atoms with Gasteiger partial charge in [-0.15, -0.1) is 0 Å². The second kappa shape index (κ2) is 7.02. The lowest BCUT2D eigenvalue weighted by Crippen LogP contribution is -2.45. The topological polar surface area (TPSA) is 31.4 Å². The second-order valence-electron chi connectivity index (χ2n) is 5.04. The van der Waals surface area contributed by atoms with Crippen LogP contribution in [0.25, 0.3) is 0 Å². The summed E-state index contributed by atoms with van der Waals surface area (Å²) >= 11 is 1.22. The fourth-order valence-electron chi connectivity index (χ4n) is 2.24. The van der Waals surface area contributed by atoms with E-state index in [4.69, 9.17) is 7.98 Å². The Kier molecular flexibility index (Phi) is 4.85. The molecule has 2 aromatic rings. The molecule has 1 fully saturated rings. The average molecular weight is 314 g/mol. The number of nitrogens with zero attached hydrogens (tertiary/aromatic N) is 3. The van der Waals surface area contributed by atoms with Gasteiger partial charge in [-0.2, -0.15) is 0 Å².